The van der Waals surface area contributed by atoms with Crippen LogP contribution in [0.4, 0.5) is 15.9 Å². The van der Waals surface area contributed by atoms with E-state index in [0.717, 1.165) is 10.8 Å². The summed E-state index contributed by atoms with van der Waals surface area (Å²) < 4.78 is 19.7. The lowest BCUT2D eigenvalue weighted by atomic mass is 10.2. The number of halogens is 1. The minimum atomic E-state index is -1.72. The number of anilines is 2. The van der Waals surface area contributed by atoms with Crippen LogP contribution in [0.1, 0.15) is 13.2 Å². The van der Waals surface area contributed by atoms with Gasteiger partial charge in [-0.15, -0.1) is 0 Å². The van der Waals surface area contributed by atoms with E-state index >= 15 is 0 Å². The van der Waals surface area contributed by atoms with Crippen LogP contribution in [0.2, 0.25) is 0 Å². The third-order valence-corrected chi connectivity index (χ3v) is 2.72. The van der Waals surface area contributed by atoms with Gasteiger partial charge in [-0.2, -0.15) is 4.98 Å². The molecule has 2 heterocycles. The molecular weight excluding hydrogens is 231 g/mol. The third-order valence-electron chi connectivity index (χ3n) is 2.72. The summed E-state index contributed by atoms with van der Waals surface area (Å²) in [6.07, 6.45) is -3.78. The van der Waals surface area contributed by atoms with Crippen molar-refractivity contribution in [3.63, 3.8) is 0 Å². The molecule has 0 bridgehead atoms. The zero-order valence-electron chi connectivity index (χ0n) is 9.08. The fourth-order valence-corrected chi connectivity index (χ4v) is 1.70. The maximum absolute atomic E-state index is 13.7. The Kier molecular flexibility index (Phi) is 2.76. The summed E-state index contributed by atoms with van der Waals surface area (Å²) in [7, 11) is 0. The van der Waals surface area contributed by atoms with Gasteiger partial charge in [0.05, 0.1) is 11.8 Å². The summed E-state index contributed by atoms with van der Waals surface area (Å²) in [4.78, 5) is 15.0. The number of alkyl halides is 1. The van der Waals surface area contributed by atoms with Gasteiger partial charge in [-0.3, -0.25) is 4.57 Å². The predicted octanol–water partition coefficient (Wildman–Crippen LogP) is -0.976. The lowest BCUT2D eigenvalue weighted by Gasteiger charge is -2.16. The zero-order chi connectivity index (χ0) is 12.7. The van der Waals surface area contributed by atoms with Gasteiger partial charge in [-0.1, -0.05) is 0 Å². The Morgan fingerprint density at radius 2 is 2.24 bits per heavy atom. The third kappa shape index (κ3) is 1.85. The number of nitrogens with two attached hydrogens (primary N) is 2. The Balaban J connectivity index is 2.42. The number of nitrogen functional groups attached to an aromatic ring is 2. The molecule has 0 unspecified atom stereocenters. The van der Waals surface area contributed by atoms with E-state index in [-0.39, 0.29) is 11.5 Å². The Hall–Kier alpha value is -1.67. The lowest BCUT2D eigenvalue weighted by molar-refractivity contribution is -0.0182. The molecule has 0 aliphatic carbocycles. The SMILES string of the molecule is C[C@H]1O[C@@H](n2cc(N)c(N)nc2=O)[C@H](F)[C@@H]1O. The maximum Gasteiger partial charge on any atom is 0.351 e. The van der Waals surface area contributed by atoms with E-state index in [1.165, 1.54) is 6.92 Å². The monoisotopic (exact) mass is 244 g/mol. The zero-order valence-corrected chi connectivity index (χ0v) is 9.08. The standard InChI is InChI=1S/C9H13FN4O3/c1-3-6(15)5(10)8(17-3)14-2-4(11)7(12)13-9(14)16/h2-3,5-6,8,15H,11H2,1H3,(H2,12,13,16)/t3-,5-,6-,8-/m1/s1. The van der Waals surface area contributed by atoms with Crippen LogP contribution in [0.15, 0.2) is 11.0 Å². The number of hydrogen-bond donors (Lipinski definition) is 3. The summed E-state index contributed by atoms with van der Waals surface area (Å²) in [5, 5.41) is 9.42. The molecule has 1 fully saturated rings. The summed E-state index contributed by atoms with van der Waals surface area (Å²) in [5.41, 5.74) is 10.1. The van der Waals surface area contributed by atoms with Crippen molar-refractivity contribution in [2.75, 3.05) is 11.5 Å². The molecule has 1 aromatic heterocycles. The van der Waals surface area contributed by atoms with Crippen LogP contribution in [0.5, 0.6) is 0 Å². The van der Waals surface area contributed by atoms with E-state index in [1.54, 1.807) is 0 Å². The molecule has 0 amide bonds. The quantitative estimate of drug-likeness (QED) is 0.585. The first-order chi connectivity index (χ1) is 7.91. The summed E-state index contributed by atoms with van der Waals surface area (Å²) in [6, 6.07) is 0. The number of aliphatic hydroxyl groups is 1. The lowest BCUT2D eigenvalue weighted by Crippen LogP contribution is -2.33. The largest absolute Gasteiger partial charge is 0.395 e. The Labute approximate surface area is 95.8 Å². The van der Waals surface area contributed by atoms with Crippen LogP contribution in [-0.2, 0) is 4.74 Å². The Bertz CT molecular complexity index is 492. The molecule has 4 atom stereocenters. The second-order valence-electron chi connectivity index (χ2n) is 3.94. The molecule has 7 nitrogen and oxygen atoms in total. The van der Waals surface area contributed by atoms with Crippen LogP contribution >= 0.6 is 0 Å². The number of rotatable bonds is 1. The van der Waals surface area contributed by atoms with Crippen molar-refractivity contribution in [2.24, 2.45) is 0 Å². The van der Waals surface area contributed by atoms with Crippen LogP contribution in [0, 0.1) is 0 Å². The van der Waals surface area contributed by atoms with Crippen molar-refractivity contribution >= 4 is 11.5 Å². The molecule has 0 radical (unpaired) electrons. The van der Waals surface area contributed by atoms with Crippen LogP contribution < -0.4 is 17.2 Å². The average Bonchev–Trinajstić information content (AvgIpc) is 2.51. The highest BCUT2D eigenvalue weighted by molar-refractivity contribution is 5.55. The molecule has 5 N–H and O–H groups in total. The van der Waals surface area contributed by atoms with Gasteiger partial charge in [0.25, 0.3) is 0 Å². The molecule has 0 aromatic carbocycles. The number of aliphatic hydroxyl groups excluding tert-OH is 1. The minimum absolute atomic E-state index is 0.0504. The van der Waals surface area contributed by atoms with Gasteiger partial charge in [-0.05, 0) is 6.92 Å². The molecule has 1 aliphatic rings. The van der Waals surface area contributed by atoms with Crippen molar-refractivity contribution in [2.45, 2.75) is 31.5 Å². The highest BCUT2D eigenvalue weighted by Gasteiger charge is 2.43. The van der Waals surface area contributed by atoms with E-state index in [9.17, 15) is 14.3 Å². The molecule has 17 heavy (non-hydrogen) atoms. The molecule has 1 aromatic rings. The van der Waals surface area contributed by atoms with Gasteiger partial charge in [0, 0.05) is 6.20 Å². The van der Waals surface area contributed by atoms with Gasteiger partial charge in [0.15, 0.2) is 18.2 Å². The molecular formula is C9H13FN4O3. The number of ether oxygens (including phenoxy) is 1. The topological polar surface area (TPSA) is 116 Å². The van der Waals surface area contributed by atoms with Crippen LogP contribution in [0.3, 0.4) is 0 Å². The van der Waals surface area contributed by atoms with Crippen molar-refractivity contribution in [3.05, 3.63) is 16.7 Å². The van der Waals surface area contributed by atoms with Crippen molar-refractivity contribution in [1.82, 2.24) is 9.55 Å². The molecule has 1 saturated heterocycles. The normalized spacial score (nSPS) is 32.9. The molecule has 94 valence electrons. The van der Waals surface area contributed by atoms with Crippen molar-refractivity contribution < 1.29 is 14.2 Å². The summed E-state index contributed by atoms with van der Waals surface area (Å²) >= 11 is 0. The van der Waals surface area contributed by atoms with Gasteiger partial charge < -0.3 is 21.3 Å². The molecule has 0 saturated carbocycles. The van der Waals surface area contributed by atoms with E-state index in [1.807, 2.05) is 0 Å². The first-order valence-electron chi connectivity index (χ1n) is 5.03. The fraction of sp³-hybridized carbons (Fsp3) is 0.556. The van der Waals surface area contributed by atoms with Gasteiger partial charge in [0.1, 0.15) is 6.10 Å². The first-order valence-corrected chi connectivity index (χ1v) is 5.03. The van der Waals surface area contributed by atoms with Crippen molar-refractivity contribution in [1.29, 1.82) is 0 Å². The van der Waals surface area contributed by atoms with Gasteiger partial charge in [0.2, 0.25) is 0 Å². The predicted molar refractivity (Wildman–Crippen MR) is 57.8 cm³/mol. The number of aromatic nitrogens is 2. The van der Waals surface area contributed by atoms with Crippen LogP contribution in [-0.4, -0.2) is 33.0 Å². The Morgan fingerprint density at radius 3 is 2.76 bits per heavy atom. The van der Waals surface area contributed by atoms with Crippen LogP contribution in [0.25, 0.3) is 0 Å². The molecule has 1 aliphatic heterocycles. The van der Waals surface area contributed by atoms with Gasteiger partial charge in [-0.25, -0.2) is 9.18 Å². The first kappa shape index (κ1) is 11.8. The van der Waals surface area contributed by atoms with E-state index in [2.05, 4.69) is 4.98 Å². The molecule has 8 heteroatoms. The van der Waals surface area contributed by atoms with Crippen molar-refractivity contribution in [3.8, 4) is 0 Å². The molecule has 2 rings (SSSR count). The summed E-state index contributed by atoms with van der Waals surface area (Å²) in [5.74, 6) is -0.117. The second kappa shape index (κ2) is 3.97. The second-order valence-corrected chi connectivity index (χ2v) is 3.94. The minimum Gasteiger partial charge on any atom is -0.395 e. The molecule has 0 spiro atoms. The van der Waals surface area contributed by atoms with E-state index in [4.69, 9.17) is 16.2 Å². The average molecular weight is 244 g/mol. The van der Waals surface area contributed by atoms with E-state index in [0.29, 0.717) is 0 Å². The van der Waals surface area contributed by atoms with Gasteiger partial charge >= 0.3 is 5.69 Å². The Morgan fingerprint density at radius 1 is 1.59 bits per heavy atom. The number of nitrogens with zero attached hydrogens (tertiary/aromatic N) is 2. The fourth-order valence-electron chi connectivity index (χ4n) is 1.70. The van der Waals surface area contributed by atoms with E-state index < -0.39 is 30.3 Å². The summed E-state index contributed by atoms with van der Waals surface area (Å²) in [6.45, 7) is 1.51. The smallest absolute Gasteiger partial charge is 0.351 e. The maximum atomic E-state index is 13.7. The highest BCUT2D eigenvalue weighted by Crippen LogP contribution is 2.31. The highest BCUT2D eigenvalue weighted by atomic mass is 19.1. The number of hydrogen-bond acceptors (Lipinski definition) is 6.